The Hall–Kier alpha value is -3.49. The van der Waals surface area contributed by atoms with Gasteiger partial charge in [0, 0.05) is 18.7 Å². The molecule has 0 radical (unpaired) electrons. The van der Waals surface area contributed by atoms with Crippen molar-refractivity contribution >= 4 is 29.1 Å². The van der Waals surface area contributed by atoms with Crippen LogP contribution in [-0.2, 0) is 9.59 Å². The molecule has 7 nitrogen and oxygen atoms in total. The summed E-state index contributed by atoms with van der Waals surface area (Å²) in [6.07, 6.45) is 0. The molecule has 0 aliphatic rings. The van der Waals surface area contributed by atoms with Gasteiger partial charge in [-0.1, -0.05) is 0 Å². The first-order valence-electron chi connectivity index (χ1n) is 7.79. The van der Waals surface area contributed by atoms with Crippen molar-refractivity contribution in [2.75, 3.05) is 24.3 Å². The first-order valence-corrected chi connectivity index (χ1v) is 7.79. The highest BCUT2D eigenvalue weighted by molar-refractivity contribution is 6.00. The topological polar surface area (TPSA) is 96.5 Å². The highest BCUT2D eigenvalue weighted by Crippen LogP contribution is 2.27. The molecule has 3 amide bonds. The lowest BCUT2D eigenvalue weighted by Crippen LogP contribution is -2.33. The summed E-state index contributed by atoms with van der Waals surface area (Å²) in [5, 5.41) is 7.33. The zero-order valence-electron chi connectivity index (χ0n) is 14.6. The Balaban J connectivity index is 2.02. The van der Waals surface area contributed by atoms with Crippen molar-refractivity contribution in [3.05, 3.63) is 53.6 Å². The van der Waals surface area contributed by atoms with E-state index in [-0.39, 0.29) is 17.2 Å². The van der Waals surface area contributed by atoms with Gasteiger partial charge in [-0.2, -0.15) is 0 Å². The minimum absolute atomic E-state index is 0.274. The third-order valence-corrected chi connectivity index (χ3v) is 3.38. The lowest BCUT2D eigenvalue weighted by atomic mass is 10.2. The van der Waals surface area contributed by atoms with Gasteiger partial charge in [0.15, 0.2) is 0 Å². The van der Waals surface area contributed by atoms with Gasteiger partial charge in [0.25, 0.3) is 5.91 Å². The number of halogens is 2. The number of nitrogens with one attached hydrogen (secondary N) is 3. The number of hydrogen-bond acceptors (Lipinski definition) is 4. The normalized spacial score (nSPS) is 10.1. The molecular weight excluding hydrogens is 360 g/mol. The van der Waals surface area contributed by atoms with E-state index in [2.05, 4.69) is 16.0 Å². The van der Waals surface area contributed by atoms with Crippen molar-refractivity contribution in [2.45, 2.75) is 6.92 Å². The van der Waals surface area contributed by atoms with Gasteiger partial charge in [-0.3, -0.25) is 14.4 Å². The van der Waals surface area contributed by atoms with E-state index in [1.54, 1.807) is 12.1 Å². The van der Waals surface area contributed by atoms with Crippen molar-refractivity contribution in [3.8, 4) is 5.75 Å². The van der Waals surface area contributed by atoms with E-state index in [0.29, 0.717) is 17.5 Å². The molecule has 0 saturated heterocycles. The number of amides is 3. The monoisotopic (exact) mass is 377 g/mol. The van der Waals surface area contributed by atoms with Crippen molar-refractivity contribution in [2.24, 2.45) is 0 Å². The summed E-state index contributed by atoms with van der Waals surface area (Å²) in [7, 11) is 1.40. The highest BCUT2D eigenvalue weighted by atomic mass is 19.1. The predicted molar refractivity (Wildman–Crippen MR) is 94.6 cm³/mol. The van der Waals surface area contributed by atoms with Crippen LogP contribution < -0.4 is 20.7 Å². The lowest BCUT2D eigenvalue weighted by Gasteiger charge is -2.13. The molecule has 2 aromatic carbocycles. The van der Waals surface area contributed by atoms with Gasteiger partial charge >= 0.3 is 0 Å². The molecule has 27 heavy (non-hydrogen) atoms. The number of carbonyl (C=O) groups is 3. The number of methoxy groups -OCH3 is 1. The fraction of sp³-hybridized carbons (Fsp3) is 0.167. The molecule has 3 N–H and O–H groups in total. The van der Waals surface area contributed by atoms with Crippen LogP contribution >= 0.6 is 0 Å². The molecule has 0 atom stereocenters. The molecule has 9 heteroatoms. The van der Waals surface area contributed by atoms with E-state index >= 15 is 0 Å². The van der Waals surface area contributed by atoms with Gasteiger partial charge in [0.2, 0.25) is 11.8 Å². The second-order valence-electron chi connectivity index (χ2n) is 5.45. The molecule has 0 bridgehead atoms. The van der Waals surface area contributed by atoms with Gasteiger partial charge in [0.1, 0.15) is 17.4 Å². The van der Waals surface area contributed by atoms with Crippen molar-refractivity contribution in [1.82, 2.24) is 5.32 Å². The quantitative estimate of drug-likeness (QED) is 0.720. The summed E-state index contributed by atoms with van der Waals surface area (Å²) in [5.74, 6) is -3.25. The van der Waals surface area contributed by atoms with Gasteiger partial charge in [-0.15, -0.1) is 0 Å². The lowest BCUT2D eigenvalue weighted by molar-refractivity contribution is -0.115. The zero-order chi connectivity index (χ0) is 20.0. The molecular formula is C18H17F2N3O4. The summed E-state index contributed by atoms with van der Waals surface area (Å²) in [6.45, 7) is 0.885. The molecule has 0 aromatic heterocycles. The number of rotatable bonds is 6. The van der Waals surface area contributed by atoms with Crippen LogP contribution in [0, 0.1) is 11.6 Å². The first kappa shape index (κ1) is 19.8. The Kier molecular flexibility index (Phi) is 6.42. The van der Waals surface area contributed by atoms with Crippen LogP contribution in [0.1, 0.15) is 17.3 Å². The maximum absolute atomic E-state index is 13.6. The molecule has 0 spiro atoms. The molecule has 142 valence electrons. The van der Waals surface area contributed by atoms with Gasteiger partial charge < -0.3 is 20.7 Å². The number of ether oxygens (including phenoxy) is 1. The van der Waals surface area contributed by atoms with E-state index in [1.165, 1.54) is 20.1 Å². The van der Waals surface area contributed by atoms with Crippen LogP contribution in [0.5, 0.6) is 5.75 Å². The molecule has 0 fully saturated rings. The van der Waals surface area contributed by atoms with Gasteiger partial charge in [0.05, 0.1) is 24.9 Å². The Bertz CT molecular complexity index is 887. The second-order valence-corrected chi connectivity index (χ2v) is 5.45. The average Bonchev–Trinajstić information content (AvgIpc) is 2.59. The Morgan fingerprint density at radius 1 is 1.04 bits per heavy atom. The molecule has 0 aliphatic carbocycles. The molecule has 0 heterocycles. The maximum Gasteiger partial charge on any atom is 0.254 e. The SMILES string of the molecule is COc1ccc(NC(C)=O)cc1NC(=O)CNC(=O)c1ccc(F)cc1F. The van der Waals surface area contributed by atoms with E-state index in [9.17, 15) is 23.2 Å². The molecule has 2 aromatic rings. The molecule has 2 rings (SSSR count). The minimum atomic E-state index is -1.03. The van der Waals surface area contributed by atoms with Crippen LogP contribution in [-0.4, -0.2) is 31.4 Å². The Labute approximate surface area is 153 Å². The maximum atomic E-state index is 13.6. The van der Waals surface area contributed by atoms with E-state index in [4.69, 9.17) is 4.74 Å². The standard InChI is InChI=1S/C18H17F2N3O4/c1-10(24)22-12-4-6-16(27-2)15(8-12)23-17(25)9-21-18(26)13-5-3-11(19)7-14(13)20/h3-8H,9H2,1-2H3,(H,21,26)(H,22,24)(H,23,25). The van der Waals surface area contributed by atoms with Gasteiger partial charge in [-0.05, 0) is 30.3 Å². The second kappa shape index (κ2) is 8.75. The van der Waals surface area contributed by atoms with Crippen LogP contribution in [0.2, 0.25) is 0 Å². The largest absolute Gasteiger partial charge is 0.495 e. The van der Waals surface area contributed by atoms with Gasteiger partial charge in [-0.25, -0.2) is 8.78 Å². The minimum Gasteiger partial charge on any atom is -0.495 e. The molecule has 0 aliphatic heterocycles. The molecule has 0 unspecified atom stereocenters. The van der Waals surface area contributed by atoms with Crippen LogP contribution in [0.3, 0.4) is 0 Å². The third kappa shape index (κ3) is 5.50. The highest BCUT2D eigenvalue weighted by Gasteiger charge is 2.15. The van der Waals surface area contributed by atoms with Crippen LogP contribution in [0.25, 0.3) is 0 Å². The summed E-state index contributed by atoms with van der Waals surface area (Å²) < 4.78 is 31.6. The summed E-state index contributed by atoms with van der Waals surface area (Å²) >= 11 is 0. The summed E-state index contributed by atoms with van der Waals surface area (Å²) in [5.41, 5.74) is 0.335. The number of carbonyl (C=O) groups excluding carboxylic acids is 3. The predicted octanol–water partition coefficient (Wildman–Crippen LogP) is 2.30. The third-order valence-electron chi connectivity index (χ3n) is 3.38. The number of anilines is 2. The van der Waals surface area contributed by atoms with Crippen molar-refractivity contribution in [3.63, 3.8) is 0 Å². The molecule has 0 saturated carbocycles. The van der Waals surface area contributed by atoms with E-state index in [1.807, 2.05) is 0 Å². The van der Waals surface area contributed by atoms with E-state index in [0.717, 1.165) is 12.1 Å². The average molecular weight is 377 g/mol. The van der Waals surface area contributed by atoms with Crippen LogP contribution in [0.15, 0.2) is 36.4 Å². The smallest absolute Gasteiger partial charge is 0.254 e. The number of benzene rings is 2. The number of hydrogen-bond donors (Lipinski definition) is 3. The Morgan fingerprint density at radius 3 is 2.41 bits per heavy atom. The fourth-order valence-corrected chi connectivity index (χ4v) is 2.21. The zero-order valence-corrected chi connectivity index (χ0v) is 14.6. The first-order chi connectivity index (χ1) is 12.8. The van der Waals surface area contributed by atoms with Crippen LogP contribution in [0.4, 0.5) is 20.2 Å². The fourth-order valence-electron chi connectivity index (χ4n) is 2.21. The Morgan fingerprint density at radius 2 is 1.78 bits per heavy atom. The van der Waals surface area contributed by atoms with Crippen molar-refractivity contribution < 1.29 is 27.9 Å². The van der Waals surface area contributed by atoms with E-state index < -0.39 is 30.0 Å². The summed E-state index contributed by atoms with van der Waals surface area (Å²) in [4.78, 5) is 35.1. The summed E-state index contributed by atoms with van der Waals surface area (Å²) in [6, 6.07) is 7.13. The van der Waals surface area contributed by atoms with Crippen molar-refractivity contribution in [1.29, 1.82) is 0 Å².